The highest BCUT2D eigenvalue weighted by Crippen LogP contribution is 2.29. The summed E-state index contributed by atoms with van der Waals surface area (Å²) in [5.41, 5.74) is 4.42. The van der Waals surface area contributed by atoms with Gasteiger partial charge < -0.3 is 14.8 Å². The lowest BCUT2D eigenvalue weighted by atomic mass is 10.2. The fraction of sp³-hybridized carbons (Fsp3) is 0.154. The highest BCUT2D eigenvalue weighted by Gasteiger charge is 2.13. The lowest BCUT2D eigenvalue weighted by Gasteiger charge is -2.11. The maximum atomic E-state index is 12.4. The fourth-order valence-corrected chi connectivity index (χ4v) is 3.01. The summed E-state index contributed by atoms with van der Waals surface area (Å²) in [6, 6.07) is 17.7. The van der Waals surface area contributed by atoms with Crippen molar-refractivity contribution in [1.29, 1.82) is 0 Å². The summed E-state index contributed by atoms with van der Waals surface area (Å²) in [5, 5.41) is 7.21. The van der Waals surface area contributed by atoms with E-state index >= 15 is 0 Å². The molecule has 0 bridgehead atoms. The van der Waals surface area contributed by atoms with E-state index in [2.05, 4.69) is 15.8 Å². The van der Waals surface area contributed by atoms with Crippen molar-refractivity contribution in [2.24, 2.45) is 5.10 Å². The van der Waals surface area contributed by atoms with E-state index in [1.165, 1.54) is 6.21 Å². The number of amides is 2. The lowest BCUT2D eigenvalue weighted by molar-refractivity contribution is -0.115. The van der Waals surface area contributed by atoms with E-state index in [1.54, 1.807) is 73.7 Å². The average molecular weight is 494 g/mol. The van der Waals surface area contributed by atoms with Gasteiger partial charge in [-0.05, 0) is 79.2 Å². The van der Waals surface area contributed by atoms with Gasteiger partial charge in [0.05, 0.1) is 18.4 Å². The van der Waals surface area contributed by atoms with Gasteiger partial charge in [0.2, 0.25) is 5.91 Å². The molecule has 0 fully saturated rings. The number of rotatable bonds is 9. The molecule has 0 saturated heterocycles. The first-order chi connectivity index (χ1) is 16.9. The van der Waals surface area contributed by atoms with Gasteiger partial charge in [-0.25, -0.2) is 10.2 Å². The number of hydrazone groups is 1. The van der Waals surface area contributed by atoms with Crippen LogP contribution in [-0.2, 0) is 4.79 Å². The van der Waals surface area contributed by atoms with Crippen molar-refractivity contribution in [1.82, 2.24) is 5.43 Å². The summed E-state index contributed by atoms with van der Waals surface area (Å²) in [7, 11) is 0. The molecule has 0 atom stereocenters. The number of carbonyl (C=O) groups is 3. The Labute approximate surface area is 207 Å². The zero-order chi connectivity index (χ0) is 25.2. The molecule has 3 rings (SSSR count). The van der Waals surface area contributed by atoms with E-state index in [-0.39, 0.29) is 11.7 Å². The van der Waals surface area contributed by atoms with Gasteiger partial charge in [0.1, 0.15) is 0 Å². The number of esters is 1. The number of hydrogen-bond donors (Lipinski definition) is 2. The summed E-state index contributed by atoms with van der Waals surface area (Å²) in [6.07, 6.45) is 1.81. The van der Waals surface area contributed by atoms with Gasteiger partial charge in [0.25, 0.3) is 5.91 Å². The molecule has 3 aromatic rings. The molecule has 0 unspecified atom stereocenters. The minimum absolute atomic E-state index is 0.107. The van der Waals surface area contributed by atoms with Crippen molar-refractivity contribution in [3.63, 3.8) is 0 Å². The summed E-state index contributed by atoms with van der Waals surface area (Å²) in [5.74, 6) is -0.452. The average Bonchev–Trinajstić information content (AvgIpc) is 2.86. The second kappa shape index (κ2) is 12.3. The first-order valence-corrected chi connectivity index (χ1v) is 11.2. The van der Waals surface area contributed by atoms with Gasteiger partial charge >= 0.3 is 5.97 Å². The van der Waals surface area contributed by atoms with E-state index in [4.69, 9.17) is 21.1 Å². The number of carbonyl (C=O) groups excluding carboxylic acids is 3. The van der Waals surface area contributed by atoms with E-state index in [1.807, 2.05) is 6.92 Å². The molecule has 2 N–H and O–H groups in total. The van der Waals surface area contributed by atoms with Crippen LogP contribution in [0.5, 0.6) is 11.5 Å². The Balaban J connectivity index is 1.64. The normalized spacial score (nSPS) is 10.6. The molecule has 0 saturated carbocycles. The SMILES string of the molecule is CCOc1cc(/C=N\NC(=O)c2ccc(NC(=O)CC)cc2)ccc1OC(=O)c1ccc(Cl)cc1. The molecule has 0 spiro atoms. The number of benzene rings is 3. The number of anilines is 1. The summed E-state index contributed by atoms with van der Waals surface area (Å²) in [6.45, 7) is 3.93. The fourth-order valence-electron chi connectivity index (χ4n) is 2.89. The third kappa shape index (κ3) is 7.41. The van der Waals surface area contributed by atoms with Crippen molar-refractivity contribution < 1.29 is 23.9 Å². The third-order valence-corrected chi connectivity index (χ3v) is 4.93. The van der Waals surface area contributed by atoms with Crippen LogP contribution >= 0.6 is 11.6 Å². The van der Waals surface area contributed by atoms with E-state index in [0.29, 0.717) is 46.2 Å². The highest BCUT2D eigenvalue weighted by atomic mass is 35.5. The van der Waals surface area contributed by atoms with Crippen LogP contribution in [0.25, 0.3) is 0 Å². The topological polar surface area (TPSA) is 106 Å². The molecule has 0 heterocycles. The quantitative estimate of drug-likeness (QED) is 0.187. The molecule has 0 aliphatic carbocycles. The van der Waals surface area contributed by atoms with E-state index in [9.17, 15) is 14.4 Å². The molecule has 3 aromatic carbocycles. The second-order valence-electron chi connectivity index (χ2n) is 7.21. The number of nitrogens with one attached hydrogen (secondary N) is 2. The van der Waals surface area contributed by atoms with Gasteiger partial charge in [0, 0.05) is 22.7 Å². The second-order valence-corrected chi connectivity index (χ2v) is 7.65. The standard InChI is InChI=1S/C26H24ClN3O5/c1-3-24(31)29-21-12-8-18(9-13-21)25(32)30-28-16-17-5-14-22(23(15-17)34-4-2)35-26(33)19-6-10-20(27)11-7-19/h5-16H,3-4H2,1-2H3,(H,29,31)(H,30,32)/b28-16-. The summed E-state index contributed by atoms with van der Waals surface area (Å²) < 4.78 is 11.1. The number of halogens is 1. The molecule has 2 amide bonds. The molecule has 180 valence electrons. The van der Waals surface area contributed by atoms with Crippen LogP contribution in [0.3, 0.4) is 0 Å². The van der Waals surface area contributed by atoms with Crippen molar-refractivity contribution >= 4 is 41.3 Å². The van der Waals surface area contributed by atoms with Crippen LogP contribution in [0.4, 0.5) is 5.69 Å². The van der Waals surface area contributed by atoms with Gasteiger partial charge in [-0.15, -0.1) is 0 Å². The molecule has 0 aromatic heterocycles. The first-order valence-electron chi connectivity index (χ1n) is 10.9. The molecular formula is C26H24ClN3O5. The number of hydrogen-bond acceptors (Lipinski definition) is 6. The number of nitrogens with zero attached hydrogens (tertiary/aromatic N) is 1. The van der Waals surface area contributed by atoms with Gasteiger partial charge in [-0.1, -0.05) is 18.5 Å². The largest absolute Gasteiger partial charge is 0.490 e. The van der Waals surface area contributed by atoms with Crippen molar-refractivity contribution in [3.8, 4) is 11.5 Å². The number of ether oxygens (including phenoxy) is 2. The van der Waals surface area contributed by atoms with Gasteiger partial charge in [-0.3, -0.25) is 9.59 Å². The van der Waals surface area contributed by atoms with E-state index < -0.39 is 11.9 Å². The van der Waals surface area contributed by atoms with Crippen LogP contribution in [0.1, 0.15) is 46.5 Å². The Kier molecular flexibility index (Phi) is 8.97. The monoisotopic (exact) mass is 493 g/mol. The minimum atomic E-state index is -0.545. The maximum absolute atomic E-state index is 12.4. The van der Waals surface area contributed by atoms with Crippen LogP contribution in [-0.4, -0.2) is 30.6 Å². The smallest absolute Gasteiger partial charge is 0.343 e. The van der Waals surface area contributed by atoms with Gasteiger partial charge in [-0.2, -0.15) is 5.10 Å². The van der Waals surface area contributed by atoms with Crippen LogP contribution in [0.15, 0.2) is 71.8 Å². The predicted molar refractivity (Wildman–Crippen MR) is 134 cm³/mol. The lowest BCUT2D eigenvalue weighted by Crippen LogP contribution is -2.17. The van der Waals surface area contributed by atoms with E-state index in [0.717, 1.165) is 0 Å². The zero-order valence-corrected chi connectivity index (χ0v) is 20.0. The molecule has 0 radical (unpaired) electrons. The third-order valence-electron chi connectivity index (χ3n) is 4.68. The Morgan fingerprint density at radius 3 is 2.26 bits per heavy atom. The Morgan fingerprint density at radius 2 is 1.60 bits per heavy atom. The highest BCUT2D eigenvalue weighted by molar-refractivity contribution is 6.30. The molecular weight excluding hydrogens is 470 g/mol. The zero-order valence-electron chi connectivity index (χ0n) is 19.2. The Hall–Kier alpha value is -4.17. The minimum Gasteiger partial charge on any atom is -0.490 e. The summed E-state index contributed by atoms with van der Waals surface area (Å²) >= 11 is 5.86. The first kappa shape index (κ1) is 25.5. The van der Waals surface area contributed by atoms with Crippen LogP contribution in [0, 0.1) is 0 Å². The van der Waals surface area contributed by atoms with Crippen LogP contribution < -0.4 is 20.2 Å². The van der Waals surface area contributed by atoms with Crippen molar-refractivity contribution in [3.05, 3.63) is 88.4 Å². The predicted octanol–water partition coefficient (Wildman–Crippen LogP) is 5.07. The summed E-state index contributed by atoms with van der Waals surface area (Å²) in [4.78, 5) is 36.2. The van der Waals surface area contributed by atoms with Gasteiger partial charge in [0.15, 0.2) is 11.5 Å². The maximum Gasteiger partial charge on any atom is 0.343 e. The molecule has 0 aliphatic rings. The van der Waals surface area contributed by atoms with Crippen LogP contribution in [0.2, 0.25) is 5.02 Å². The Bertz CT molecular complexity index is 1220. The molecule has 8 nitrogen and oxygen atoms in total. The molecule has 9 heteroatoms. The van der Waals surface area contributed by atoms with Crippen molar-refractivity contribution in [2.45, 2.75) is 20.3 Å². The Morgan fingerprint density at radius 1 is 0.914 bits per heavy atom. The molecule has 0 aliphatic heterocycles. The molecule has 35 heavy (non-hydrogen) atoms. The van der Waals surface area contributed by atoms with Crippen molar-refractivity contribution in [2.75, 3.05) is 11.9 Å².